The van der Waals surface area contributed by atoms with Crippen molar-refractivity contribution in [3.63, 3.8) is 0 Å². The Morgan fingerprint density at radius 1 is 1.53 bits per heavy atom. The third-order valence-electron chi connectivity index (χ3n) is 4.31. The standard InChI is InChI=1S/C13H27N3O/c1-10-6-13(8-14,15-7-11(2)17-3)9-16(10)12-4-5-12/h10-12,15H,4-9,14H2,1-3H3. The number of methoxy groups -OCH3 is 1. The first-order valence-corrected chi connectivity index (χ1v) is 6.84. The molecule has 2 rings (SSSR count). The van der Waals surface area contributed by atoms with Gasteiger partial charge in [0.1, 0.15) is 0 Å². The minimum atomic E-state index is 0.106. The minimum Gasteiger partial charge on any atom is -0.380 e. The molecule has 4 heteroatoms. The molecule has 2 aliphatic rings. The van der Waals surface area contributed by atoms with Gasteiger partial charge in [0.25, 0.3) is 0 Å². The molecule has 100 valence electrons. The van der Waals surface area contributed by atoms with Gasteiger partial charge in [0.2, 0.25) is 0 Å². The lowest BCUT2D eigenvalue weighted by atomic mass is 9.96. The SMILES string of the molecule is COC(C)CNC1(CN)CC(C)N(C2CC2)C1. The quantitative estimate of drug-likeness (QED) is 0.714. The normalized spacial score (nSPS) is 36.4. The Morgan fingerprint density at radius 2 is 2.24 bits per heavy atom. The number of hydrogen-bond acceptors (Lipinski definition) is 4. The summed E-state index contributed by atoms with van der Waals surface area (Å²) in [6.45, 7) is 7.13. The zero-order valence-electron chi connectivity index (χ0n) is 11.4. The van der Waals surface area contributed by atoms with Crippen molar-refractivity contribution in [2.24, 2.45) is 5.73 Å². The largest absolute Gasteiger partial charge is 0.380 e. The molecule has 3 N–H and O–H groups in total. The van der Waals surface area contributed by atoms with E-state index >= 15 is 0 Å². The molecule has 3 atom stereocenters. The molecule has 0 bridgehead atoms. The van der Waals surface area contributed by atoms with Crippen LogP contribution in [0, 0.1) is 0 Å². The maximum absolute atomic E-state index is 6.01. The number of nitrogens with two attached hydrogens (primary N) is 1. The van der Waals surface area contributed by atoms with Gasteiger partial charge in [0.15, 0.2) is 0 Å². The van der Waals surface area contributed by atoms with Crippen LogP contribution < -0.4 is 11.1 Å². The first-order valence-electron chi connectivity index (χ1n) is 6.84. The molecule has 0 aromatic heterocycles. The van der Waals surface area contributed by atoms with E-state index in [0.29, 0.717) is 6.04 Å². The Hall–Kier alpha value is -0.160. The molecule has 0 amide bonds. The van der Waals surface area contributed by atoms with Crippen LogP contribution in [0.5, 0.6) is 0 Å². The van der Waals surface area contributed by atoms with Crippen molar-refractivity contribution < 1.29 is 4.74 Å². The van der Waals surface area contributed by atoms with Crippen LogP contribution in [0.2, 0.25) is 0 Å². The molecule has 0 aromatic rings. The van der Waals surface area contributed by atoms with Crippen LogP contribution in [0.25, 0.3) is 0 Å². The Labute approximate surface area is 105 Å². The second-order valence-electron chi connectivity index (χ2n) is 5.87. The van der Waals surface area contributed by atoms with Crippen molar-refractivity contribution in [2.75, 3.05) is 26.7 Å². The summed E-state index contributed by atoms with van der Waals surface area (Å²) in [6.07, 6.45) is 4.17. The van der Waals surface area contributed by atoms with E-state index in [0.717, 1.165) is 32.1 Å². The van der Waals surface area contributed by atoms with E-state index in [-0.39, 0.29) is 11.6 Å². The summed E-state index contributed by atoms with van der Waals surface area (Å²) in [5, 5.41) is 3.65. The van der Waals surface area contributed by atoms with Crippen molar-refractivity contribution in [3.8, 4) is 0 Å². The summed E-state index contributed by atoms with van der Waals surface area (Å²) in [6, 6.07) is 1.50. The summed E-state index contributed by atoms with van der Waals surface area (Å²) >= 11 is 0. The molecule has 1 saturated carbocycles. The van der Waals surface area contributed by atoms with E-state index in [1.807, 2.05) is 0 Å². The zero-order chi connectivity index (χ0) is 12.5. The minimum absolute atomic E-state index is 0.106. The maximum Gasteiger partial charge on any atom is 0.0667 e. The number of nitrogens with one attached hydrogen (secondary N) is 1. The van der Waals surface area contributed by atoms with Gasteiger partial charge in [0.05, 0.1) is 6.10 Å². The Balaban J connectivity index is 1.91. The Bertz CT molecular complexity index is 257. The second-order valence-corrected chi connectivity index (χ2v) is 5.87. The van der Waals surface area contributed by atoms with Crippen molar-refractivity contribution in [2.45, 2.75) is 56.8 Å². The highest BCUT2D eigenvalue weighted by Gasteiger charge is 2.46. The maximum atomic E-state index is 6.01. The Morgan fingerprint density at radius 3 is 2.76 bits per heavy atom. The molecule has 3 unspecified atom stereocenters. The topological polar surface area (TPSA) is 50.5 Å². The molecular formula is C13H27N3O. The summed E-state index contributed by atoms with van der Waals surface area (Å²) in [5.74, 6) is 0. The first kappa shape index (κ1) is 13.3. The lowest BCUT2D eigenvalue weighted by Gasteiger charge is -2.30. The molecular weight excluding hydrogens is 214 g/mol. The van der Waals surface area contributed by atoms with E-state index in [2.05, 4.69) is 24.1 Å². The fourth-order valence-electron chi connectivity index (χ4n) is 2.94. The molecule has 1 heterocycles. The molecule has 4 nitrogen and oxygen atoms in total. The lowest BCUT2D eigenvalue weighted by Crippen LogP contribution is -2.55. The monoisotopic (exact) mass is 241 g/mol. The van der Waals surface area contributed by atoms with Gasteiger partial charge in [-0.25, -0.2) is 0 Å². The van der Waals surface area contributed by atoms with Crippen molar-refractivity contribution in [1.29, 1.82) is 0 Å². The highest BCUT2D eigenvalue weighted by atomic mass is 16.5. The van der Waals surface area contributed by atoms with Gasteiger partial charge in [-0.2, -0.15) is 0 Å². The van der Waals surface area contributed by atoms with Gasteiger partial charge in [-0.15, -0.1) is 0 Å². The van der Waals surface area contributed by atoms with Crippen LogP contribution in [0.15, 0.2) is 0 Å². The first-order chi connectivity index (χ1) is 8.10. The molecule has 0 spiro atoms. The third-order valence-corrected chi connectivity index (χ3v) is 4.31. The molecule has 2 fully saturated rings. The van der Waals surface area contributed by atoms with Crippen LogP contribution in [0.3, 0.4) is 0 Å². The molecule has 1 aliphatic heterocycles. The van der Waals surface area contributed by atoms with Gasteiger partial charge in [-0.3, -0.25) is 4.90 Å². The van der Waals surface area contributed by atoms with Crippen LogP contribution in [-0.4, -0.2) is 55.4 Å². The van der Waals surface area contributed by atoms with E-state index in [9.17, 15) is 0 Å². The van der Waals surface area contributed by atoms with Crippen LogP contribution in [0.4, 0.5) is 0 Å². The lowest BCUT2D eigenvalue weighted by molar-refractivity contribution is 0.107. The summed E-state index contributed by atoms with van der Waals surface area (Å²) in [4.78, 5) is 2.64. The van der Waals surface area contributed by atoms with Gasteiger partial charge in [-0.1, -0.05) is 0 Å². The predicted octanol–water partition coefficient (Wildman–Crippen LogP) is 0.565. The summed E-state index contributed by atoms with van der Waals surface area (Å²) in [5.41, 5.74) is 6.12. The second kappa shape index (κ2) is 5.22. The number of hydrogen-bond donors (Lipinski definition) is 2. The average Bonchev–Trinajstić information content (AvgIpc) is 3.11. The van der Waals surface area contributed by atoms with E-state index in [4.69, 9.17) is 10.5 Å². The average molecular weight is 241 g/mol. The van der Waals surface area contributed by atoms with E-state index in [1.165, 1.54) is 12.8 Å². The summed E-state index contributed by atoms with van der Waals surface area (Å²) < 4.78 is 5.30. The summed E-state index contributed by atoms with van der Waals surface area (Å²) in [7, 11) is 1.76. The fraction of sp³-hybridized carbons (Fsp3) is 1.00. The molecule has 1 aliphatic carbocycles. The molecule has 0 aromatic carbocycles. The van der Waals surface area contributed by atoms with Crippen LogP contribution >= 0.6 is 0 Å². The van der Waals surface area contributed by atoms with Crippen LogP contribution in [0.1, 0.15) is 33.1 Å². The predicted molar refractivity (Wildman–Crippen MR) is 70.1 cm³/mol. The van der Waals surface area contributed by atoms with E-state index in [1.54, 1.807) is 7.11 Å². The van der Waals surface area contributed by atoms with Crippen molar-refractivity contribution in [3.05, 3.63) is 0 Å². The Kier molecular flexibility index (Phi) is 4.08. The number of rotatable bonds is 6. The number of likely N-dealkylation sites (tertiary alicyclic amines) is 1. The smallest absolute Gasteiger partial charge is 0.0667 e. The van der Waals surface area contributed by atoms with Gasteiger partial charge >= 0.3 is 0 Å². The molecule has 17 heavy (non-hydrogen) atoms. The fourth-order valence-corrected chi connectivity index (χ4v) is 2.94. The highest BCUT2D eigenvalue weighted by Crippen LogP contribution is 2.36. The van der Waals surface area contributed by atoms with Crippen molar-refractivity contribution in [1.82, 2.24) is 10.2 Å². The third kappa shape index (κ3) is 2.99. The number of ether oxygens (including phenoxy) is 1. The zero-order valence-corrected chi connectivity index (χ0v) is 11.4. The molecule has 0 radical (unpaired) electrons. The van der Waals surface area contributed by atoms with Crippen LogP contribution in [-0.2, 0) is 4.74 Å². The molecule has 1 saturated heterocycles. The van der Waals surface area contributed by atoms with Gasteiger partial charge in [0, 0.05) is 44.4 Å². The van der Waals surface area contributed by atoms with Crippen molar-refractivity contribution >= 4 is 0 Å². The van der Waals surface area contributed by atoms with Gasteiger partial charge in [-0.05, 0) is 33.1 Å². The van der Waals surface area contributed by atoms with Gasteiger partial charge < -0.3 is 15.8 Å². The number of nitrogens with zero attached hydrogens (tertiary/aromatic N) is 1. The highest BCUT2D eigenvalue weighted by molar-refractivity contribution is 5.05. The van der Waals surface area contributed by atoms with E-state index < -0.39 is 0 Å².